The van der Waals surface area contributed by atoms with Crippen molar-refractivity contribution in [3.8, 4) is 0 Å². The van der Waals surface area contributed by atoms with Crippen LogP contribution in [0.2, 0.25) is 0 Å². The van der Waals surface area contributed by atoms with Crippen LogP contribution in [0.15, 0.2) is 25.7 Å². The summed E-state index contributed by atoms with van der Waals surface area (Å²) in [7, 11) is 0. The minimum absolute atomic E-state index is 0.120. The van der Waals surface area contributed by atoms with Gasteiger partial charge in [-0.15, -0.1) is 10.2 Å². The lowest BCUT2D eigenvalue weighted by Gasteiger charge is -1.99. The average Bonchev–Trinajstić information content (AvgIpc) is 2.90. The summed E-state index contributed by atoms with van der Waals surface area (Å²) < 4.78 is 10.2. The highest BCUT2D eigenvalue weighted by molar-refractivity contribution is 7.99. The normalized spacial score (nSPS) is 10.6. The first kappa shape index (κ1) is 16.6. The number of aryl methyl sites for hydroxylation is 1. The fourth-order valence-corrected chi connectivity index (χ4v) is 2.76. The molecule has 0 unspecified atom stereocenters. The number of nitrogens with zero attached hydrogens (tertiary/aromatic N) is 3. The predicted octanol–water partition coefficient (Wildman–Crippen LogP) is 1.41. The molecule has 0 aliphatic heterocycles. The SMILES string of the molecule is CCOC(=O)CSc1nnc(CSc2nc(C)cc(=O)[nH]2)o1. The minimum atomic E-state index is -0.330. The molecule has 2 rings (SSSR count). The topological polar surface area (TPSA) is 111 Å². The van der Waals surface area contributed by atoms with Crippen molar-refractivity contribution in [3.05, 3.63) is 28.0 Å². The molecule has 0 amide bonds. The highest BCUT2D eigenvalue weighted by Gasteiger charge is 2.11. The van der Waals surface area contributed by atoms with E-state index in [0.717, 1.165) is 11.8 Å². The van der Waals surface area contributed by atoms with Crippen LogP contribution in [0.3, 0.4) is 0 Å². The second-order valence-electron chi connectivity index (χ2n) is 4.04. The van der Waals surface area contributed by atoms with Gasteiger partial charge < -0.3 is 14.1 Å². The molecule has 0 atom stereocenters. The molecular formula is C12H14N4O4S2. The van der Waals surface area contributed by atoms with E-state index in [-0.39, 0.29) is 17.3 Å². The highest BCUT2D eigenvalue weighted by atomic mass is 32.2. The van der Waals surface area contributed by atoms with Crippen LogP contribution >= 0.6 is 23.5 Å². The summed E-state index contributed by atoms with van der Waals surface area (Å²) >= 11 is 2.40. The van der Waals surface area contributed by atoms with Crippen LogP contribution in [0.4, 0.5) is 0 Å². The molecule has 8 nitrogen and oxygen atoms in total. The smallest absolute Gasteiger partial charge is 0.316 e. The zero-order valence-electron chi connectivity index (χ0n) is 12.0. The maximum absolute atomic E-state index is 11.3. The fourth-order valence-electron chi connectivity index (χ4n) is 1.43. The standard InChI is InChI=1S/C12H14N4O4S2/c1-3-19-10(18)6-22-12-16-15-9(20-12)5-21-11-13-7(2)4-8(17)14-11/h4H,3,5-6H2,1-2H3,(H,13,14,17). The highest BCUT2D eigenvalue weighted by Crippen LogP contribution is 2.21. The van der Waals surface area contributed by atoms with Gasteiger partial charge >= 0.3 is 5.97 Å². The number of ether oxygens (including phenoxy) is 1. The van der Waals surface area contributed by atoms with Gasteiger partial charge in [0.15, 0.2) is 5.16 Å². The van der Waals surface area contributed by atoms with Gasteiger partial charge in [0.1, 0.15) is 5.75 Å². The summed E-state index contributed by atoms with van der Waals surface area (Å²) in [6, 6.07) is 1.42. The first-order valence-electron chi connectivity index (χ1n) is 6.38. The Morgan fingerprint density at radius 3 is 2.95 bits per heavy atom. The number of nitrogens with one attached hydrogen (secondary N) is 1. The van der Waals surface area contributed by atoms with Gasteiger partial charge in [0, 0.05) is 11.8 Å². The second kappa shape index (κ2) is 7.99. The Hall–Kier alpha value is -1.81. The summed E-state index contributed by atoms with van der Waals surface area (Å²) in [6.45, 7) is 3.83. The third-order valence-electron chi connectivity index (χ3n) is 2.25. The van der Waals surface area contributed by atoms with Crippen molar-refractivity contribution in [2.75, 3.05) is 12.4 Å². The Kier molecular flexibility index (Phi) is 6.01. The van der Waals surface area contributed by atoms with Crippen LogP contribution in [0, 0.1) is 6.92 Å². The summed E-state index contributed by atoms with van der Waals surface area (Å²) in [5.41, 5.74) is 0.439. The van der Waals surface area contributed by atoms with Gasteiger partial charge in [0.05, 0.1) is 12.4 Å². The fraction of sp³-hybridized carbons (Fsp3) is 0.417. The number of esters is 1. The van der Waals surface area contributed by atoms with Crippen molar-refractivity contribution >= 4 is 29.5 Å². The van der Waals surface area contributed by atoms with E-state index in [4.69, 9.17) is 9.15 Å². The lowest BCUT2D eigenvalue weighted by Crippen LogP contribution is -2.08. The number of hydrogen-bond donors (Lipinski definition) is 1. The second-order valence-corrected chi connectivity index (χ2v) is 5.93. The number of carbonyl (C=O) groups excluding carboxylic acids is 1. The number of aromatic nitrogens is 4. The van der Waals surface area contributed by atoms with Gasteiger partial charge in [-0.3, -0.25) is 9.59 Å². The third-order valence-corrected chi connectivity index (χ3v) is 3.90. The Morgan fingerprint density at radius 1 is 1.41 bits per heavy atom. The van der Waals surface area contributed by atoms with Crippen molar-refractivity contribution in [3.63, 3.8) is 0 Å². The molecule has 0 aliphatic carbocycles. The first-order chi connectivity index (χ1) is 10.6. The number of carbonyl (C=O) groups is 1. The summed E-state index contributed by atoms with van der Waals surface area (Å²) in [5.74, 6) is 0.554. The maximum Gasteiger partial charge on any atom is 0.316 e. The Balaban J connectivity index is 1.86. The average molecular weight is 342 g/mol. The number of hydrogen-bond acceptors (Lipinski definition) is 9. The van der Waals surface area contributed by atoms with Gasteiger partial charge in [-0.25, -0.2) is 4.98 Å². The summed E-state index contributed by atoms with van der Waals surface area (Å²) in [4.78, 5) is 29.3. The Labute approximate surface area is 134 Å². The molecule has 10 heteroatoms. The minimum Gasteiger partial charge on any atom is -0.465 e. The van der Waals surface area contributed by atoms with E-state index in [1.54, 1.807) is 13.8 Å². The van der Waals surface area contributed by atoms with Crippen LogP contribution in [-0.4, -0.2) is 38.5 Å². The Morgan fingerprint density at radius 2 is 2.23 bits per heavy atom. The third kappa shape index (κ3) is 5.19. The van der Waals surface area contributed by atoms with Gasteiger partial charge in [-0.1, -0.05) is 23.5 Å². The molecule has 0 spiro atoms. The van der Waals surface area contributed by atoms with Gasteiger partial charge in [0.2, 0.25) is 5.89 Å². The van der Waals surface area contributed by atoms with Gasteiger partial charge in [0.25, 0.3) is 10.8 Å². The molecule has 2 aromatic heterocycles. The molecule has 0 fully saturated rings. The zero-order valence-corrected chi connectivity index (χ0v) is 13.6. The Bertz CT molecular complexity index is 700. The number of aromatic amines is 1. The zero-order chi connectivity index (χ0) is 15.9. The van der Waals surface area contributed by atoms with E-state index >= 15 is 0 Å². The number of rotatable bonds is 7. The van der Waals surface area contributed by atoms with E-state index < -0.39 is 0 Å². The molecule has 0 radical (unpaired) electrons. The molecule has 2 aromatic rings. The number of H-pyrrole nitrogens is 1. The molecule has 0 saturated heterocycles. The molecule has 2 heterocycles. The molecular weight excluding hydrogens is 328 g/mol. The van der Waals surface area contributed by atoms with Crippen LogP contribution in [0.5, 0.6) is 0 Å². The first-order valence-corrected chi connectivity index (χ1v) is 8.35. The van der Waals surface area contributed by atoms with Crippen molar-refractivity contribution in [2.24, 2.45) is 0 Å². The molecule has 118 valence electrons. The molecule has 0 saturated carbocycles. The number of thioether (sulfide) groups is 2. The molecule has 22 heavy (non-hydrogen) atoms. The van der Waals surface area contributed by atoms with E-state index in [1.165, 1.54) is 17.8 Å². The molecule has 0 aromatic carbocycles. The quantitative estimate of drug-likeness (QED) is 0.453. The van der Waals surface area contributed by atoms with Crippen molar-refractivity contribution in [1.82, 2.24) is 20.2 Å². The molecule has 1 N–H and O–H groups in total. The van der Waals surface area contributed by atoms with Crippen LogP contribution in [0.1, 0.15) is 18.5 Å². The maximum atomic E-state index is 11.3. The molecule has 0 aliphatic rings. The van der Waals surface area contributed by atoms with E-state index in [2.05, 4.69) is 20.2 Å². The lowest BCUT2D eigenvalue weighted by molar-refractivity contribution is -0.139. The summed E-state index contributed by atoms with van der Waals surface area (Å²) in [5, 5.41) is 8.49. The lowest BCUT2D eigenvalue weighted by atomic mass is 10.5. The van der Waals surface area contributed by atoms with Gasteiger partial charge in [-0.05, 0) is 13.8 Å². The molecule has 0 bridgehead atoms. The predicted molar refractivity (Wildman–Crippen MR) is 80.8 cm³/mol. The summed E-state index contributed by atoms with van der Waals surface area (Å²) in [6.07, 6.45) is 0. The van der Waals surface area contributed by atoms with E-state index in [1.807, 2.05) is 0 Å². The van der Waals surface area contributed by atoms with Crippen molar-refractivity contribution in [1.29, 1.82) is 0 Å². The largest absolute Gasteiger partial charge is 0.465 e. The van der Waals surface area contributed by atoms with E-state index in [0.29, 0.717) is 34.3 Å². The van der Waals surface area contributed by atoms with E-state index in [9.17, 15) is 9.59 Å². The van der Waals surface area contributed by atoms with Crippen LogP contribution in [0.25, 0.3) is 0 Å². The van der Waals surface area contributed by atoms with Crippen molar-refractivity contribution in [2.45, 2.75) is 30.0 Å². The van der Waals surface area contributed by atoms with Gasteiger partial charge in [-0.2, -0.15) is 0 Å². The van der Waals surface area contributed by atoms with Crippen LogP contribution < -0.4 is 5.56 Å². The van der Waals surface area contributed by atoms with Crippen molar-refractivity contribution < 1.29 is 13.9 Å². The monoisotopic (exact) mass is 342 g/mol. The van der Waals surface area contributed by atoms with Crippen LogP contribution in [-0.2, 0) is 15.3 Å².